The number of nitrogens with one attached hydrogen (secondary N) is 6. The lowest BCUT2D eigenvalue weighted by molar-refractivity contribution is 0.0391. The molecule has 14 N–H and O–H groups in total. The monoisotopic (exact) mass is 1980 g/mol. The maximum Gasteiger partial charge on any atom is 0.321 e. The van der Waals surface area contributed by atoms with E-state index >= 15 is 0 Å². The molecule has 43 heteroatoms. The number of pyridine rings is 4. The molecule has 6 aliphatic heterocycles. The molecule has 0 aromatic carbocycles. The first-order valence-electron chi connectivity index (χ1n) is 49.9. The normalized spacial score (nSPS) is 19.2. The number of aromatic amines is 3. The number of rotatable bonds is 33. The number of carbonyl (C=O) groups excluding carboxylic acids is 5. The number of likely N-dealkylation sites (tertiary alicyclic amines) is 1. The molecular formula is C101H133FN30O12. The van der Waals surface area contributed by atoms with Gasteiger partial charge in [0.15, 0.2) is 11.3 Å². The van der Waals surface area contributed by atoms with E-state index in [-0.39, 0.29) is 149 Å². The highest BCUT2D eigenvalue weighted by atomic mass is 19.1. The number of alkyl halides is 1. The fourth-order valence-electron chi connectivity index (χ4n) is 18.5. The van der Waals surface area contributed by atoms with Crippen LogP contribution >= 0.6 is 0 Å². The molecule has 8 aliphatic rings. The van der Waals surface area contributed by atoms with Crippen molar-refractivity contribution in [2.45, 2.75) is 223 Å². The van der Waals surface area contributed by atoms with Crippen LogP contribution in [0.2, 0.25) is 0 Å². The Kier molecular flexibility index (Phi) is 33.1. The molecule has 11 aromatic heterocycles. The van der Waals surface area contributed by atoms with Crippen LogP contribution in [0.15, 0.2) is 97.7 Å². The van der Waals surface area contributed by atoms with Gasteiger partial charge in [-0.25, -0.2) is 24.3 Å². The van der Waals surface area contributed by atoms with Gasteiger partial charge in [-0.2, -0.15) is 55.2 Å². The van der Waals surface area contributed by atoms with Crippen molar-refractivity contribution >= 4 is 91.7 Å². The lowest BCUT2D eigenvalue weighted by Crippen LogP contribution is -2.53. The number of primary amides is 1. The number of halogens is 1. The number of aromatic nitrogens is 17. The molecule has 17 heterocycles. The molecule has 2 saturated carbocycles. The Morgan fingerprint density at radius 1 is 0.562 bits per heavy atom. The first-order chi connectivity index (χ1) is 69.3. The lowest BCUT2D eigenvalue weighted by Gasteiger charge is -2.35. The van der Waals surface area contributed by atoms with Gasteiger partial charge >= 0.3 is 24.0 Å². The van der Waals surface area contributed by atoms with Crippen molar-refractivity contribution in [1.82, 2.24) is 106 Å². The summed E-state index contributed by atoms with van der Waals surface area (Å²) in [6, 6.07) is 23.2. The fraction of sp³-hybridized carbons (Fsp3) is 0.545. The summed E-state index contributed by atoms with van der Waals surface area (Å²) >= 11 is 0. The minimum atomic E-state index is -0.999. The smallest absolute Gasteiger partial charge is 0.321 e. The summed E-state index contributed by atoms with van der Waals surface area (Å²) in [7, 11) is 3.22. The van der Waals surface area contributed by atoms with E-state index in [9.17, 15) is 28.4 Å². The van der Waals surface area contributed by atoms with Gasteiger partial charge in [0.1, 0.15) is 70.8 Å². The average molecular weight is 1980 g/mol. The molecule has 766 valence electrons. The van der Waals surface area contributed by atoms with Crippen LogP contribution in [0, 0.1) is 29.1 Å². The quantitative estimate of drug-likeness (QED) is 0.0183. The molecule has 2 aliphatic carbocycles. The topological polar surface area (TPSA) is 558 Å². The van der Waals surface area contributed by atoms with E-state index in [1.165, 1.54) is 26.8 Å². The van der Waals surface area contributed by atoms with Crippen molar-refractivity contribution in [2.24, 2.45) is 35.0 Å². The molecule has 6 saturated heterocycles. The third-order valence-electron chi connectivity index (χ3n) is 28.1. The number of nitrogens with two attached hydrogens (primary N) is 4. The predicted molar refractivity (Wildman–Crippen MR) is 538 cm³/mol. The number of hydrogen-bond donors (Lipinski definition) is 10. The summed E-state index contributed by atoms with van der Waals surface area (Å²) in [5.74, 6) is 2.58. The summed E-state index contributed by atoms with van der Waals surface area (Å²) < 4.78 is 52.7. The molecule has 144 heavy (non-hydrogen) atoms. The molecule has 0 bridgehead atoms. The minimum Gasteiger partial charge on any atom is -0.463 e. The van der Waals surface area contributed by atoms with Gasteiger partial charge in [-0.15, -0.1) is 0 Å². The van der Waals surface area contributed by atoms with Crippen LogP contribution in [0.3, 0.4) is 0 Å². The summed E-state index contributed by atoms with van der Waals surface area (Å²) in [6.45, 7) is 25.3. The number of amides is 5. The van der Waals surface area contributed by atoms with Gasteiger partial charge in [-0.3, -0.25) is 29.1 Å². The zero-order chi connectivity index (χ0) is 102. The number of hydrogen-bond acceptors (Lipinski definition) is 34. The van der Waals surface area contributed by atoms with Crippen molar-refractivity contribution in [1.29, 1.82) is 5.26 Å². The first-order valence-corrected chi connectivity index (χ1v) is 49.9. The van der Waals surface area contributed by atoms with Crippen molar-refractivity contribution in [3.05, 3.63) is 149 Å². The third kappa shape index (κ3) is 26.2. The van der Waals surface area contributed by atoms with Crippen LogP contribution in [-0.2, 0) is 14.2 Å². The Balaban J connectivity index is 0.000000138. The van der Waals surface area contributed by atoms with Crippen LogP contribution in [0.25, 0.3) is 33.1 Å². The van der Waals surface area contributed by atoms with E-state index in [0.29, 0.717) is 93.2 Å². The van der Waals surface area contributed by atoms with E-state index in [0.717, 1.165) is 156 Å². The molecule has 8 atom stereocenters. The van der Waals surface area contributed by atoms with E-state index in [4.69, 9.17) is 61.4 Å². The van der Waals surface area contributed by atoms with E-state index in [1.54, 1.807) is 57.1 Å². The van der Waals surface area contributed by atoms with E-state index in [1.807, 2.05) is 92.6 Å². The SMILES string of the molecule is COC[C@@H](C)Oc1nc(C(=O)N[C@@H](C)C(C)(C)N)cc(N2CCC(c3c[nH]c4ncccc34)CC2)n1.COC[C@@H](C)Oc1nc(C(=O)N[C@H](C)C(C)(C)N)cc(N2CCC(c3c[nH]c4ncccc34)CC2)n1.C[C@H](NC(=O)c1nc(OC[C@H]2C[C@H]2C#N)nc(N2CCC(c3[nH]nc4ncccc34)CC2)n1)C1CC1.NC(=O)c1nc(C2CCN(c3cc(C(=O)N4CC(F)C4)nc(OC[C@H]4CCCO4)n3)CC2)ccc1N. The summed E-state index contributed by atoms with van der Waals surface area (Å²) in [5, 5.41) is 28.9. The van der Waals surface area contributed by atoms with Gasteiger partial charge < -0.3 is 107 Å². The van der Waals surface area contributed by atoms with Gasteiger partial charge in [-0.1, -0.05) is 0 Å². The number of nitrogens with zero attached hydrogens (tertiary/aromatic N) is 20. The number of ether oxygens (including phenoxy) is 7. The van der Waals surface area contributed by atoms with Crippen LogP contribution < -0.4 is 77.4 Å². The van der Waals surface area contributed by atoms with Gasteiger partial charge in [-0.05, 0) is 223 Å². The second kappa shape index (κ2) is 46.3. The summed E-state index contributed by atoms with van der Waals surface area (Å²) in [4.78, 5) is 138. The zero-order valence-corrected chi connectivity index (χ0v) is 83.7. The highest BCUT2D eigenvalue weighted by molar-refractivity contribution is 5.97. The largest absolute Gasteiger partial charge is 0.463 e. The average Bonchev–Trinajstić information content (AvgIpc) is 0.895. The highest BCUT2D eigenvalue weighted by Gasteiger charge is 2.41. The first kappa shape index (κ1) is 103. The maximum atomic E-state index is 13.3. The number of anilines is 5. The number of methoxy groups -OCH3 is 2. The number of nitriles is 1. The fourth-order valence-corrected chi connectivity index (χ4v) is 18.5. The van der Waals surface area contributed by atoms with Crippen molar-refractivity contribution in [2.75, 3.05) is 138 Å². The van der Waals surface area contributed by atoms with Gasteiger partial charge in [0.25, 0.3) is 29.5 Å². The molecular weight excluding hydrogens is 1840 g/mol. The van der Waals surface area contributed by atoms with Crippen molar-refractivity contribution < 1.29 is 61.5 Å². The summed E-state index contributed by atoms with van der Waals surface area (Å²) in [5.41, 5.74) is 30.5. The van der Waals surface area contributed by atoms with Crippen molar-refractivity contribution in [3.8, 4) is 30.1 Å². The van der Waals surface area contributed by atoms with E-state index in [2.05, 4.69) is 151 Å². The Morgan fingerprint density at radius 2 is 1.06 bits per heavy atom. The summed E-state index contributed by atoms with van der Waals surface area (Å²) in [6.07, 6.45) is 20.1. The number of H-pyrrole nitrogens is 3. The zero-order valence-electron chi connectivity index (χ0n) is 83.7. The number of piperidine rings is 4. The minimum absolute atomic E-state index is 0.0208. The van der Waals surface area contributed by atoms with Crippen LogP contribution in [0.4, 0.5) is 33.5 Å². The molecule has 8 fully saturated rings. The van der Waals surface area contributed by atoms with Crippen molar-refractivity contribution in [3.63, 3.8) is 0 Å². The highest BCUT2D eigenvalue weighted by Crippen LogP contribution is 2.42. The van der Waals surface area contributed by atoms with E-state index < -0.39 is 23.2 Å². The van der Waals surface area contributed by atoms with Crippen LogP contribution in [-0.4, -0.2) is 286 Å². The molecule has 5 amide bonds. The van der Waals surface area contributed by atoms with Gasteiger partial charge in [0.2, 0.25) is 11.8 Å². The van der Waals surface area contributed by atoms with Crippen LogP contribution in [0.1, 0.15) is 245 Å². The Hall–Kier alpha value is -13.8. The third-order valence-corrected chi connectivity index (χ3v) is 28.1. The molecule has 0 spiro atoms. The number of nitrogen functional groups attached to an aromatic ring is 1. The maximum absolute atomic E-state index is 13.3. The molecule has 0 radical (unpaired) electrons. The van der Waals surface area contributed by atoms with Gasteiger partial charge in [0, 0.05) is 197 Å². The second-order valence-electron chi connectivity index (χ2n) is 40.0. The standard InChI is InChI=1S/2C26H37N7O3.C25H29N9O2.C24H30FN7O4/c2*1-16(15-35-5)36-25-31-21(24(34)30-17(2)26(3,4)27)13-22(32-25)33-11-8-18(9-12-33)20-14-29-23-19(20)7-6-10-28-23;1-14(15-4-5-15)28-23(35)22-29-24(31-25(30-22)36-13-18-11-17(18)12-26)34-9-6-16(7-10-34)20-19-3-2-8-27-21(19)33-32-20;25-15-11-32(12-15)23(34)19-10-20(30-24(29-19)36-13-16-2-1-9-35-16)31-7-5-14(6-8-31)18-4-3-17(26)21(28-18)22(27)33/h2*6-7,10,13-14,16-18H,8-9,11-12,15,27H2,1-5H3,(H,28,29)(H,30,34);2-3,8,14-18H,4-7,9-11,13H2,1H3,(H,28,35)(H,27,32,33);3-4,10,14-16H,1-2,5-9,11-13,26H2,(H2,27,33)/t16-,17+;16-,17-;14-,17-,18+;16-/m1101/s1. The second-order valence-corrected chi connectivity index (χ2v) is 40.0. The van der Waals surface area contributed by atoms with Gasteiger partial charge in [0.05, 0.1) is 56.7 Å². The molecule has 11 aromatic rings. The Morgan fingerprint density at radius 3 is 1.56 bits per heavy atom. The number of fused-ring (bicyclic) bond motifs is 3. The van der Waals surface area contributed by atoms with Crippen LogP contribution in [0.5, 0.6) is 24.0 Å². The lowest BCUT2D eigenvalue weighted by atomic mass is 9.89. The Bertz CT molecular complexity index is 6110. The molecule has 19 rings (SSSR count). The molecule has 0 unspecified atom stereocenters. The predicted octanol–water partition coefficient (Wildman–Crippen LogP) is 9.89. The Labute approximate surface area is 835 Å². The molecule has 42 nitrogen and oxygen atoms in total. The number of carbonyl (C=O) groups is 5.